The molecule has 0 spiro atoms. The highest BCUT2D eigenvalue weighted by Crippen LogP contribution is 2.19. The summed E-state index contributed by atoms with van der Waals surface area (Å²) in [5.41, 5.74) is 3.44. The molecule has 0 atom stereocenters. The number of aryl methyl sites for hydroxylation is 2. The van der Waals surface area contributed by atoms with Gasteiger partial charge in [0, 0.05) is 6.07 Å². The fourth-order valence-corrected chi connectivity index (χ4v) is 2.63. The number of anilines is 1. The van der Waals surface area contributed by atoms with Crippen molar-refractivity contribution in [3.8, 4) is 11.4 Å². The third-order valence-corrected chi connectivity index (χ3v) is 3.89. The first kappa shape index (κ1) is 18.6. The van der Waals surface area contributed by atoms with Crippen LogP contribution >= 0.6 is 0 Å². The van der Waals surface area contributed by atoms with E-state index in [4.69, 9.17) is 0 Å². The molecular formula is C20H19F2N3O2. The van der Waals surface area contributed by atoms with Crippen LogP contribution < -0.4 is 10.1 Å². The number of aromatic nitrogens is 2. The minimum absolute atomic E-state index is 0.0576. The van der Waals surface area contributed by atoms with Gasteiger partial charge in [-0.1, -0.05) is 29.8 Å². The standard InChI is InChI=1S/C20H19F2N3O2/c1-13-3-7-16(8-4-13)25-18(11-14(2)24-25)23-19(26)12-15-5-9-17(10-6-15)27-20(21)22/h3-11,20H,12H2,1-2H3,(H,23,26). The summed E-state index contributed by atoms with van der Waals surface area (Å²) in [5.74, 6) is 0.395. The van der Waals surface area contributed by atoms with Crippen molar-refractivity contribution in [1.82, 2.24) is 9.78 Å². The molecule has 0 unspecified atom stereocenters. The third kappa shape index (κ3) is 4.91. The second kappa shape index (κ2) is 7.99. The fraction of sp³-hybridized carbons (Fsp3) is 0.200. The molecule has 140 valence electrons. The molecule has 0 radical (unpaired) electrons. The van der Waals surface area contributed by atoms with E-state index in [1.165, 1.54) is 12.1 Å². The Morgan fingerprint density at radius 1 is 1.11 bits per heavy atom. The third-order valence-electron chi connectivity index (χ3n) is 3.89. The van der Waals surface area contributed by atoms with E-state index in [1.807, 2.05) is 38.1 Å². The van der Waals surface area contributed by atoms with Crippen LogP contribution in [-0.2, 0) is 11.2 Å². The maximum absolute atomic E-state index is 12.4. The van der Waals surface area contributed by atoms with Gasteiger partial charge in [0.2, 0.25) is 5.91 Å². The van der Waals surface area contributed by atoms with Gasteiger partial charge in [-0.3, -0.25) is 4.79 Å². The Balaban J connectivity index is 1.70. The van der Waals surface area contributed by atoms with E-state index in [2.05, 4.69) is 15.2 Å². The van der Waals surface area contributed by atoms with Gasteiger partial charge in [0.05, 0.1) is 17.8 Å². The van der Waals surface area contributed by atoms with E-state index < -0.39 is 6.61 Å². The van der Waals surface area contributed by atoms with Crippen LogP contribution in [0.2, 0.25) is 0 Å². The highest BCUT2D eigenvalue weighted by atomic mass is 19.3. The van der Waals surface area contributed by atoms with Crippen molar-refractivity contribution in [2.24, 2.45) is 0 Å². The van der Waals surface area contributed by atoms with Crippen LogP contribution in [0.3, 0.4) is 0 Å². The van der Waals surface area contributed by atoms with Crippen molar-refractivity contribution in [3.05, 3.63) is 71.4 Å². The highest BCUT2D eigenvalue weighted by molar-refractivity contribution is 5.91. The number of halogens is 2. The molecule has 1 heterocycles. The average molecular weight is 371 g/mol. The van der Waals surface area contributed by atoms with Crippen LogP contribution in [0.25, 0.3) is 5.69 Å². The van der Waals surface area contributed by atoms with E-state index in [0.717, 1.165) is 16.9 Å². The summed E-state index contributed by atoms with van der Waals surface area (Å²) in [5, 5.41) is 7.27. The molecule has 7 heteroatoms. The molecular weight excluding hydrogens is 352 g/mol. The Morgan fingerprint density at radius 3 is 2.41 bits per heavy atom. The molecule has 0 saturated heterocycles. The summed E-state index contributed by atoms with van der Waals surface area (Å²) in [6, 6.07) is 15.6. The molecule has 1 amide bonds. The lowest BCUT2D eigenvalue weighted by Crippen LogP contribution is -2.17. The number of hydrogen-bond acceptors (Lipinski definition) is 3. The van der Waals surface area contributed by atoms with E-state index in [1.54, 1.807) is 22.9 Å². The van der Waals surface area contributed by atoms with Gasteiger partial charge in [-0.2, -0.15) is 13.9 Å². The predicted molar refractivity (Wildman–Crippen MR) is 98.4 cm³/mol. The highest BCUT2D eigenvalue weighted by Gasteiger charge is 2.12. The van der Waals surface area contributed by atoms with Gasteiger partial charge in [-0.05, 0) is 43.7 Å². The first-order chi connectivity index (χ1) is 12.9. The second-order valence-electron chi connectivity index (χ2n) is 6.17. The zero-order chi connectivity index (χ0) is 19.4. The van der Waals surface area contributed by atoms with Crippen LogP contribution in [0.4, 0.5) is 14.6 Å². The maximum Gasteiger partial charge on any atom is 0.387 e. The van der Waals surface area contributed by atoms with Crippen LogP contribution in [0, 0.1) is 13.8 Å². The number of amides is 1. The number of hydrogen-bond donors (Lipinski definition) is 1. The maximum atomic E-state index is 12.4. The topological polar surface area (TPSA) is 56.2 Å². The molecule has 0 bridgehead atoms. The molecule has 5 nitrogen and oxygen atoms in total. The summed E-state index contributed by atoms with van der Waals surface area (Å²) in [6.45, 7) is 0.977. The average Bonchev–Trinajstić information content (AvgIpc) is 2.97. The van der Waals surface area contributed by atoms with Gasteiger partial charge in [0.25, 0.3) is 0 Å². The minimum Gasteiger partial charge on any atom is -0.435 e. The Morgan fingerprint density at radius 2 is 1.78 bits per heavy atom. The monoisotopic (exact) mass is 371 g/mol. The first-order valence-corrected chi connectivity index (χ1v) is 8.38. The zero-order valence-electron chi connectivity index (χ0n) is 14.9. The fourth-order valence-electron chi connectivity index (χ4n) is 2.63. The molecule has 1 N–H and O–H groups in total. The lowest BCUT2D eigenvalue weighted by Gasteiger charge is -2.10. The molecule has 1 aromatic heterocycles. The number of alkyl halides is 2. The van der Waals surface area contributed by atoms with Gasteiger partial charge in [-0.15, -0.1) is 0 Å². The lowest BCUT2D eigenvalue weighted by molar-refractivity contribution is -0.115. The van der Waals surface area contributed by atoms with Crippen molar-refractivity contribution in [2.75, 3.05) is 5.32 Å². The smallest absolute Gasteiger partial charge is 0.387 e. The number of nitrogens with zero attached hydrogens (tertiary/aromatic N) is 2. The van der Waals surface area contributed by atoms with E-state index in [9.17, 15) is 13.6 Å². The van der Waals surface area contributed by atoms with Crippen molar-refractivity contribution in [1.29, 1.82) is 0 Å². The summed E-state index contributed by atoms with van der Waals surface area (Å²) >= 11 is 0. The molecule has 0 saturated carbocycles. The summed E-state index contributed by atoms with van der Waals surface area (Å²) < 4.78 is 30.3. The lowest BCUT2D eigenvalue weighted by atomic mass is 10.1. The largest absolute Gasteiger partial charge is 0.435 e. The van der Waals surface area contributed by atoms with E-state index in [-0.39, 0.29) is 18.1 Å². The van der Waals surface area contributed by atoms with Crippen LogP contribution in [-0.4, -0.2) is 22.3 Å². The van der Waals surface area contributed by atoms with Gasteiger partial charge < -0.3 is 10.1 Å². The number of carbonyl (C=O) groups excluding carboxylic acids is 1. The summed E-state index contributed by atoms with van der Waals surface area (Å²) in [7, 11) is 0. The van der Waals surface area contributed by atoms with Crippen molar-refractivity contribution < 1.29 is 18.3 Å². The summed E-state index contributed by atoms with van der Waals surface area (Å²) in [6.07, 6.45) is 0.104. The second-order valence-corrected chi connectivity index (χ2v) is 6.17. The molecule has 0 aliphatic rings. The normalized spacial score (nSPS) is 10.9. The number of nitrogens with one attached hydrogen (secondary N) is 1. The predicted octanol–water partition coefficient (Wildman–Crippen LogP) is 4.27. The quantitative estimate of drug-likeness (QED) is 0.704. The van der Waals surface area contributed by atoms with Crippen LogP contribution in [0.5, 0.6) is 5.75 Å². The molecule has 2 aromatic carbocycles. The van der Waals surface area contributed by atoms with Crippen molar-refractivity contribution >= 4 is 11.7 Å². The Hall–Kier alpha value is -3.22. The van der Waals surface area contributed by atoms with Gasteiger partial charge in [0.1, 0.15) is 11.6 Å². The molecule has 27 heavy (non-hydrogen) atoms. The van der Waals surface area contributed by atoms with E-state index in [0.29, 0.717) is 11.4 Å². The molecule has 0 fully saturated rings. The number of rotatable bonds is 6. The van der Waals surface area contributed by atoms with Gasteiger partial charge >= 0.3 is 6.61 Å². The molecule has 3 aromatic rings. The molecule has 0 aliphatic carbocycles. The van der Waals surface area contributed by atoms with E-state index >= 15 is 0 Å². The SMILES string of the molecule is Cc1ccc(-n2nc(C)cc2NC(=O)Cc2ccc(OC(F)F)cc2)cc1. The minimum atomic E-state index is -2.87. The molecule has 0 aliphatic heterocycles. The zero-order valence-corrected chi connectivity index (χ0v) is 14.9. The molecule has 3 rings (SSSR count). The Kier molecular flexibility index (Phi) is 5.49. The first-order valence-electron chi connectivity index (χ1n) is 8.38. The van der Waals surface area contributed by atoms with Gasteiger partial charge in [0.15, 0.2) is 0 Å². The Bertz CT molecular complexity index is 919. The number of ether oxygens (including phenoxy) is 1. The number of carbonyl (C=O) groups is 1. The van der Waals surface area contributed by atoms with Crippen molar-refractivity contribution in [3.63, 3.8) is 0 Å². The Labute approximate surface area is 155 Å². The summed E-state index contributed by atoms with van der Waals surface area (Å²) in [4.78, 5) is 12.4. The van der Waals surface area contributed by atoms with Crippen LogP contribution in [0.15, 0.2) is 54.6 Å². The van der Waals surface area contributed by atoms with Crippen LogP contribution in [0.1, 0.15) is 16.8 Å². The van der Waals surface area contributed by atoms with Crippen molar-refractivity contribution in [2.45, 2.75) is 26.9 Å². The van der Waals surface area contributed by atoms with Gasteiger partial charge in [-0.25, -0.2) is 4.68 Å². The number of benzene rings is 2.